The van der Waals surface area contributed by atoms with Crippen LogP contribution in [0.3, 0.4) is 0 Å². The molecule has 2 atom stereocenters. The van der Waals surface area contributed by atoms with E-state index in [1.807, 2.05) is 0 Å². The fraction of sp³-hybridized carbons (Fsp3) is 0.562. The molecular weight excluding hydrogens is 304 g/mol. The largest absolute Gasteiger partial charge is 0.504 e. The molecule has 1 aromatic carbocycles. The number of phenols is 1. The van der Waals surface area contributed by atoms with E-state index < -0.39 is 17.7 Å². The van der Waals surface area contributed by atoms with Crippen molar-refractivity contribution in [3.63, 3.8) is 0 Å². The van der Waals surface area contributed by atoms with Crippen LogP contribution in [0.25, 0.3) is 0 Å². The number of carboxylic acid groups (broad SMARTS) is 1. The summed E-state index contributed by atoms with van der Waals surface area (Å²) in [6.07, 6.45) is -0.474. The molecule has 1 aliphatic heterocycles. The van der Waals surface area contributed by atoms with Gasteiger partial charge in [0.1, 0.15) is 5.60 Å². The number of rotatable bonds is 5. The lowest BCUT2D eigenvalue weighted by atomic mass is 9.86. The van der Waals surface area contributed by atoms with E-state index in [1.54, 1.807) is 13.8 Å². The Morgan fingerprint density at radius 3 is 2.48 bits per heavy atom. The van der Waals surface area contributed by atoms with Crippen molar-refractivity contribution >= 4 is 5.97 Å². The van der Waals surface area contributed by atoms with Gasteiger partial charge in [0.15, 0.2) is 17.6 Å². The van der Waals surface area contributed by atoms with Crippen LogP contribution in [0, 0.1) is 6.92 Å². The van der Waals surface area contributed by atoms with Gasteiger partial charge in [0.25, 0.3) is 0 Å². The molecule has 7 nitrogen and oxygen atoms in total. The number of aliphatic hydroxyl groups excluding tert-OH is 1. The lowest BCUT2D eigenvalue weighted by Crippen LogP contribution is -2.42. The zero-order valence-electron chi connectivity index (χ0n) is 13.7. The number of carbonyl (C=O) groups is 1. The Morgan fingerprint density at radius 2 is 1.96 bits per heavy atom. The van der Waals surface area contributed by atoms with Gasteiger partial charge in [0.05, 0.1) is 14.2 Å². The lowest BCUT2D eigenvalue weighted by molar-refractivity contribution is -0.149. The van der Waals surface area contributed by atoms with Crippen LogP contribution in [-0.4, -0.2) is 47.2 Å². The average molecular weight is 326 g/mol. The van der Waals surface area contributed by atoms with Crippen molar-refractivity contribution < 1.29 is 34.3 Å². The number of benzene rings is 1. The second-order valence-corrected chi connectivity index (χ2v) is 5.96. The first-order chi connectivity index (χ1) is 10.7. The van der Waals surface area contributed by atoms with Crippen molar-refractivity contribution in [1.82, 2.24) is 0 Å². The highest BCUT2D eigenvalue weighted by Gasteiger charge is 2.39. The average Bonchev–Trinajstić information content (AvgIpc) is 2.49. The van der Waals surface area contributed by atoms with Crippen LogP contribution in [-0.2, 0) is 11.2 Å². The van der Waals surface area contributed by atoms with Crippen molar-refractivity contribution in [3.8, 4) is 23.0 Å². The Hall–Kier alpha value is -2.15. The molecule has 0 aromatic heterocycles. The third-order valence-electron chi connectivity index (χ3n) is 4.28. The van der Waals surface area contributed by atoms with Crippen LogP contribution in [0.2, 0.25) is 0 Å². The maximum Gasteiger partial charge on any atom is 0.332 e. The first-order valence-electron chi connectivity index (χ1n) is 7.30. The molecule has 2 rings (SSSR count). The molecule has 128 valence electrons. The van der Waals surface area contributed by atoms with E-state index in [9.17, 15) is 15.0 Å². The van der Waals surface area contributed by atoms with Gasteiger partial charge in [-0.1, -0.05) is 0 Å². The molecule has 1 aliphatic rings. The SMILES string of the molecule is COc1c(O)c(C)c2c(c1OC)OC(C)(CC(O)C(=O)O)CC2. The normalized spacial score (nSPS) is 21.1. The van der Waals surface area contributed by atoms with E-state index >= 15 is 0 Å². The fourth-order valence-electron chi connectivity index (χ4n) is 2.94. The highest BCUT2D eigenvalue weighted by molar-refractivity contribution is 5.72. The molecule has 1 aromatic rings. The molecule has 23 heavy (non-hydrogen) atoms. The topological polar surface area (TPSA) is 105 Å². The summed E-state index contributed by atoms with van der Waals surface area (Å²) in [4.78, 5) is 10.9. The van der Waals surface area contributed by atoms with Crippen molar-refractivity contribution in [1.29, 1.82) is 0 Å². The van der Waals surface area contributed by atoms with Crippen LogP contribution >= 0.6 is 0 Å². The van der Waals surface area contributed by atoms with Crippen molar-refractivity contribution in [3.05, 3.63) is 11.1 Å². The second kappa shape index (κ2) is 6.16. The van der Waals surface area contributed by atoms with Gasteiger partial charge in [0, 0.05) is 17.5 Å². The molecule has 0 saturated carbocycles. The number of aromatic hydroxyl groups is 1. The lowest BCUT2D eigenvalue weighted by Gasteiger charge is -2.38. The highest BCUT2D eigenvalue weighted by atomic mass is 16.5. The maximum absolute atomic E-state index is 10.9. The first-order valence-corrected chi connectivity index (χ1v) is 7.30. The molecule has 1 heterocycles. The summed E-state index contributed by atoms with van der Waals surface area (Å²) in [5, 5.41) is 28.8. The Morgan fingerprint density at radius 1 is 1.35 bits per heavy atom. The number of aliphatic carboxylic acids is 1. The van der Waals surface area contributed by atoms with Crippen molar-refractivity contribution in [2.24, 2.45) is 0 Å². The molecule has 7 heteroatoms. The molecular formula is C16H22O7. The smallest absolute Gasteiger partial charge is 0.332 e. The van der Waals surface area contributed by atoms with Gasteiger partial charge in [-0.2, -0.15) is 0 Å². The van der Waals surface area contributed by atoms with Gasteiger partial charge < -0.3 is 29.5 Å². The van der Waals surface area contributed by atoms with E-state index in [-0.39, 0.29) is 23.7 Å². The summed E-state index contributed by atoms with van der Waals surface area (Å²) in [7, 11) is 2.86. The number of ether oxygens (including phenoxy) is 3. The van der Waals surface area contributed by atoms with Gasteiger partial charge in [-0.25, -0.2) is 4.79 Å². The molecule has 0 saturated heterocycles. The van der Waals surface area contributed by atoms with E-state index in [0.717, 1.165) is 5.56 Å². The van der Waals surface area contributed by atoms with Gasteiger partial charge in [-0.3, -0.25) is 0 Å². The molecule has 2 unspecified atom stereocenters. The predicted molar refractivity (Wildman–Crippen MR) is 81.6 cm³/mol. The van der Waals surface area contributed by atoms with E-state index in [0.29, 0.717) is 24.2 Å². The number of fused-ring (bicyclic) bond motifs is 1. The Labute approximate surface area is 134 Å². The van der Waals surface area contributed by atoms with Gasteiger partial charge in [0.2, 0.25) is 11.5 Å². The zero-order chi connectivity index (χ0) is 17.4. The number of hydrogen-bond acceptors (Lipinski definition) is 6. The summed E-state index contributed by atoms with van der Waals surface area (Å²) in [6, 6.07) is 0. The van der Waals surface area contributed by atoms with Crippen LogP contribution in [0.15, 0.2) is 0 Å². The van der Waals surface area contributed by atoms with E-state index in [4.69, 9.17) is 19.3 Å². The van der Waals surface area contributed by atoms with Gasteiger partial charge >= 0.3 is 5.97 Å². The molecule has 0 fully saturated rings. The molecule has 3 N–H and O–H groups in total. The van der Waals surface area contributed by atoms with Gasteiger partial charge in [-0.05, 0) is 26.7 Å². The predicted octanol–water partition coefficient (Wildman–Crippen LogP) is 1.64. The van der Waals surface area contributed by atoms with E-state index in [2.05, 4.69) is 0 Å². The third-order valence-corrected chi connectivity index (χ3v) is 4.28. The van der Waals surface area contributed by atoms with Crippen molar-refractivity contribution in [2.75, 3.05) is 14.2 Å². The fourth-order valence-corrected chi connectivity index (χ4v) is 2.94. The third kappa shape index (κ3) is 3.01. The minimum atomic E-state index is -1.51. The summed E-state index contributed by atoms with van der Waals surface area (Å²) in [5.74, 6) is -0.424. The van der Waals surface area contributed by atoms with Crippen LogP contribution in [0.5, 0.6) is 23.0 Å². The van der Waals surface area contributed by atoms with Crippen LogP contribution < -0.4 is 14.2 Å². The van der Waals surface area contributed by atoms with Crippen LogP contribution in [0.1, 0.15) is 30.9 Å². The number of phenolic OH excluding ortho intramolecular Hbond substituents is 1. The summed E-state index contributed by atoms with van der Waals surface area (Å²) >= 11 is 0. The zero-order valence-corrected chi connectivity index (χ0v) is 13.7. The highest BCUT2D eigenvalue weighted by Crippen LogP contribution is 2.52. The number of hydrogen-bond donors (Lipinski definition) is 3. The minimum Gasteiger partial charge on any atom is -0.504 e. The molecule has 0 amide bonds. The summed E-state index contributed by atoms with van der Waals surface area (Å²) in [5.41, 5.74) is 0.577. The molecule has 0 aliphatic carbocycles. The monoisotopic (exact) mass is 326 g/mol. The van der Waals surface area contributed by atoms with E-state index in [1.165, 1.54) is 14.2 Å². The number of carboxylic acids is 1. The molecule has 0 spiro atoms. The van der Waals surface area contributed by atoms with Crippen LogP contribution in [0.4, 0.5) is 0 Å². The second-order valence-electron chi connectivity index (χ2n) is 5.96. The number of aliphatic hydroxyl groups is 1. The standard InChI is InChI=1S/C16H22O7/c1-8-9-5-6-16(2,7-10(17)15(19)20)23-12(9)14(22-4)13(21-3)11(8)18/h10,17-18H,5-7H2,1-4H3,(H,19,20). The summed E-state index contributed by atoms with van der Waals surface area (Å²) < 4.78 is 16.5. The molecule has 0 bridgehead atoms. The Kier molecular flexibility index (Phi) is 4.61. The molecule has 0 radical (unpaired) electrons. The minimum absolute atomic E-state index is 0.000809. The Balaban J connectivity index is 2.47. The maximum atomic E-state index is 10.9. The number of methoxy groups -OCH3 is 2. The quantitative estimate of drug-likeness (QED) is 0.755. The van der Waals surface area contributed by atoms with Gasteiger partial charge in [-0.15, -0.1) is 0 Å². The first kappa shape index (κ1) is 17.2. The van der Waals surface area contributed by atoms with Crippen molar-refractivity contribution in [2.45, 2.75) is 44.8 Å². The summed E-state index contributed by atoms with van der Waals surface area (Å²) in [6.45, 7) is 3.50. The Bertz CT molecular complexity index is 626.